The SMILES string of the molecule is CC(C)(C)OC(=O)N1CCC(NC(=O)c2cccc(S(=O)(=O)N3CCc4ccccc43)c2)CC1. The third-order valence-corrected chi connectivity index (χ3v) is 7.82. The fourth-order valence-corrected chi connectivity index (χ4v) is 5.83. The van der Waals surface area contributed by atoms with Gasteiger partial charge in [0.2, 0.25) is 0 Å². The van der Waals surface area contributed by atoms with Gasteiger partial charge in [0.15, 0.2) is 0 Å². The van der Waals surface area contributed by atoms with Crippen LogP contribution in [-0.2, 0) is 21.2 Å². The van der Waals surface area contributed by atoms with E-state index < -0.39 is 15.6 Å². The molecule has 2 aliphatic rings. The summed E-state index contributed by atoms with van der Waals surface area (Å²) >= 11 is 0. The van der Waals surface area contributed by atoms with Gasteiger partial charge in [-0.05, 0) is 69.9 Å². The first kappa shape index (κ1) is 24.1. The molecule has 2 aliphatic heterocycles. The molecule has 0 saturated carbocycles. The monoisotopic (exact) mass is 485 g/mol. The first-order valence-electron chi connectivity index (χ1n) is 11.5. The number of likely N-dealkylation sites (tertiary alicyclic amines) is 1. The third-order valence-electron chi connectivity index (χ3n) is 6.01. The van der Waals surface area contributed by atoms with Gasteiger partial charge in [0.05, 0.1) is 10.6 Å². The summed E-state index contributed by atoms with van der Waals surface area (Å²) in [5.41, 5.74) is 1.43. The Hall–Kier alpha value is -3.07. The number of nitrogens with one attached hydrogen (secondary N) is 1. The van der Waals surface area contributed by atoms with Gasteiger partial charge in [-0.3, -0.25) is 9.10 Å². The molecule has 1 saturated heterocycles. The molecule has 0 radical (unpaired) electrons. The van der Waals surface area contributed by atoms with E-state index in [9.17, 15) is 18.0 Å². The van der Waals surface area contributed by atoms with Crippen LogP contribution in [0.3, 0.4) is 0 Å². The first-order valence-corrected chi connectivity index (χ1v) is 13.0. The van der Waals surface area contributed by atoms with E-state index in [1.807, 2.05) is 39.0 Å². The van der Waals surface area contributed by atoms with Crippen molar-refractivity contribution in [3.8, 4) is 0 Å². The number of carbonyl (C=O) groups excluding carboxylic acids is 2. The fourth-order valence-electron chi connectivity index (χ4n) is 4.28. The van der Waals surface area contributed by atoms with Gasteiger partial charge in [-0.15, -0.1) is 0 Å². The molecule has 1 fully saturated rings. The van der Waals surface area contributed by atoms with E-state index in [2.05, 4.69) is 5.32 Å². The molecule has 9 heteroatoms. The summed E-state index contributed by atoms with van der Waals surface area (Å²) in [5, 5.41) is 2.98. The molecule has 8 nitrogen and oxygen atoms in total. The highest BCUT2D eigenvalue weighted by Gasteiger charge is 2.31. The highest BCUT2D eigenvalue weighted by Crippen LogP contribution is 2.32. The third kappa shape index (κ3) is 5.19. The largest absolute Gasteiger partial charge is 0.444 e. The molecule has 2 heterocycles. The van der Waals surface area contributed by atoms with Crippen LogP contribution in [0.2, 0.25) is 0 Å². The summed E-state index contributed by atoms with van der Waals surface area (Å²) in [5.74, 6) is -0.324. The number of carbonyl (C=O) groups is 2. The number of fused-ring (bicyclic) bond motifs is 1. The predicted octanol–water partition coefficient (Wildman–Crippen LogP) is 3.57. The number of sulfonamides is 1. The normalized spacial score (nSPS) is 16.8. The lowest BCUT2D eigenvalue weighted by atomic mass is 10.0. The number of anilines is 1. The van der Waals surface area contributed by atoms with E-state index in [0.29, 0.717) is 50.1 Å². The van der Waals surface area contributed by atoms with Gasteiger partial charge in [0, 0.05) is 31.2 Å². The maximum Gasteiger partial charge on any atom is 0.410 e. The van der Waals surface area contributed by atoms with E-state index >= 15 is 0 Å². The van der Waals surface area contributed by atoms with Gasteiger partial charge in [-0.2, -0.15) is 0 Å². The van der Waals surface area contributed by atoms with Gasteiger partial charge in [-0.1, -0.05) is 24.3 Å². The highest BCUT2D eigenvalue weighted by atomic mass is 32.2. The van der Waals surface area contributed by atoms with Gasteiger partial charge in [0.25, 0.3) is 15.9 Å². The Morgan fingerprint density at radius 3 is 2.41 bits per heavy atom. The molecule has 1 N–H and O–H groups in total. The highest BCUT2D eigenvalue weighted by molar-refractivity contribution is 7.92. The minimum Gasteiger partial charge on any atom is -0.444 e. The average molecular weight is 486 g/mol. The van der Waals surface area contributed by atoms with Crippen LogP contribution in [0.1, 0.15) is 49.5 Å². The van der Waals surface area contributed by atoms with E-state index in [1.165, 1.54) is 16.4 Å². The lowest BCUT2D eigenvalue weighted by molar-refractivity contribution is 0.0199. The van der Waals surface area contributed by atoms with Crippen LogP contribution < -0.4 is 9.62 Å². The van der Waals surface area contributed by atoms with Crippen LogP contribution in [0, 0.1) is 0 Å². The molecular formula is C25H31N3O5S. The second-order valence-electron chi connectivity index (χ2n) is 9.70. The Bertz CT molecular complexity index is 1180. The summed E-state index contributed by atoms with van der Waals surface area (Å²) < 4.78 is 33.4. The number of para-hydroxylation sites is 1. The standard InChI is InChI=1S/C25H31N3O5S/c1-25(2,3)33-24(30)27-14-12-20(13-15-27)26-23(29)19-8-6-9-21(17-19)34(31,32)28-16-11-18-7-4-5-10-22(18)28/h4-10,17,20H,11-16H2,1-3H3,(H,26,29). The van der Waals surface area contributed by atoms with Crippen molar-refractivity contribution in [2.45, 2.75) is 56.6 Å². The van der Waals surface area contributed by atoms with Gasteiger partial charge < -0.3 is 15.0 Å². The predicted molar refractivity (Wildman–Crippen MR) is 129 cm³/mol. The van der Waals surface area contributed by atoms with Crippen molar-refractivity contribution in [1.82, 2.24) is 10.2 Å². The number of hydrogen-bond acceptors (Lipinski definition) is 5. The molecule has 4 rings (SSSR count). The number of amides is 2. The fraction of sp³-hybridized carbons (Fsp3) is 0.440. The van der Waals surface area contributed by atoms with Crippen LogP contribution >= 0.6 is 0 Å². The topological polar surface area (TPSA) is 96.0 Å². The minimum absolute atomic E-state index is 0.0941. The number of ether oxygens (including phenoxy) is 1. The molecule has 0 unspecified atom stereocenters. The smallest absolute Gasteiger partial charge is 0.410 e. The number of rotatable bonds is 4. The number of piperidine rings is 1. The molecule has 0 bridgehead atoms. The van der Waals surface area contributed by atoms with Crippen LogP contribution in [0.25, 0.3) is 0 Å². The van der Waals surface area contributed by atoms with Crippen molar-refractivity contribution in [2.75, 3.05) is 23.9 Å². The van der Waals surface area contributed by atoms with Crippen LogP contribution in [0.15, 0.2) is 53.4 Å². The van der Waals surface area contributed by atoms with Crippen molar-refractivity contribution in [1.29, 1.82) is 0 Å². The second kappa shape index (κ2) is 9.29. The Labute approximate surface area is 200 Å². The van der Waals surface area contributed by atoms with Gasteiger partial charge >= 0.3 is 6.09 Å². The Kier molecular flexibility index (Phi) is 6.58. The van der Waals surface area contributed by atoms with Crippen molar-refractivity contribution < 1.29 is 22.7 Å². The zero-order valence-electron chi connectivity index (χ0n) is 19.8. The zero-order chi connectivity index (χ0) is 24.5. The summed E-state index contributed by atoms with van der Waals surface area (Å²) in [7, 11) is -3.78. The quantitative estimate of drug-likeness (QED) is 0.714. The van der Waals surface area contributed by atoms with Crippen LogP contribution in [-0.4, -0.2) is 56.6 Å². The average Bonchev–Trinajstić information content (AvgIpc) is 3.23. The van der Waals surface area contributed by atoms with Gasteiger partial charge in [-0.25, -0.2) is 13.2 Å². The van der Waals surface area contributed by atoms with E-state index in [4.69, 9.17) is 4.74 Å². The van der Waals surface area contributed by atoms with Crippen molar-refractivity contribution in [2.24, 2.45) is 0 Å². The van der Waals surface area contributed by atoms with E-state index in [0.717, 1.165) is 5.56 Å². The van der Waals surface area contributed by atoms with Crippen molar-refractivity contribution in [3.63, 3.8) is 0 Å². The summed E-state index contributed by atoms with van der Waals surface area (Å²) in [6, 6.07) is 13.5. The maximum absolute atomic E-state index is 13.3. The molecule has 2 aromatic carbocycles. The first-order chi connectivity index (χ1) is 16.0. The number of benzene rings is 2. The lowest BCUT2D eigenvalue weighted by Crippen LogP contribution is -2.47. The van der Waals surface area contributed by atoms with Gasteiger partial charge in [0.1, 0.15) is 5.60 Å². The van der Waals surface area contributed by atoms with E-state index in [1.54, 1.807) is 23.1 Å². The summed E-state index contributed by atoms with van der Waals surface area (Å²) in [6.07, 6.45) is 1.53. The van der Waals surface area contributed by atoms with Crippen LogP contribution in [0.4, 0.5) is 10.5 Å². The lowest BCUT2D eigenvalue weighted by Gasteiger charge is -2.33. The molecule has 0 aromatic heterocycles. The zero-order valence-corrected chi connectivity index (χ0v) is 20.6. The Morgan fingerprint density at radius 2 is 1.71 bits per heavy atom. The molecule has 34 heavy (non-hydrogen) atoms. The van der Waals surface area contributed by atoms with Crippen molar-refractivity contribution >= 4 is 27.7 Å². The maximum atomic E-state index is 13.3. The second-order valence-corrected chi connectivity index (χ2v) is 11.6. The summed E-state index contributed by atoms with van der Waals surface area (Å²) in [4.78, 5) is 26.9. The van der Waals surface area contributed by atoms with E-state index in [-0.39, 0.29) is 22.9 Å². The number of nitrogens with zero attached hydrogens (tertiary/aromatic N) is 2. The molecule has 2 amide bonds. The molecule has 0 atom stereocenters. The minimum atomic E-state index is -3.78. The summed E-state index contributed by atoms with van der Waals surface area (Å²) in [6.45, 7) is 6.84. The number of hydrogen-bond donors (Lipinski definition) is 1. The molecule has 0 spiro atoms. The molecule has 2 aromatic rings. The molecule has 0 aliphatic carbocycles. The Balaban J connectivity index is 1.40. The van der Waals surface area contributed by atoms with Crippen molar-refractivity contribution in [3.05, 3.63) is 59.7 Å². The van der Waals surface area contributed by atoms with Crippen LogP contribution in [0.5, 0.6) is 0 Å². The Morgan fingerprint density at radius 1 is 1.00 bits per heavy atom. The molecule has 182 valence electrons. The molecular weight excluding hydrogens is 454 g/mol.